The van der Waals surface area contributed by atoms with Gasteiger partial charge in [-0.05, 0) is 12.1 Å². The lowest BCUT2D eigenvalue weighted by atomic mass is 10.2. The third-order valence-corrected chi connectivity index (χ3v) is 3.62. The van der Waals surface area contributed by atoms with E-state index in [4.69, 9.17) is 4.74 Å². The number of nitrogens with zero attached hydrogens (tertiary/aromatic N) is 5. The minimum absolute atomic E-state index is 0.182. The third-order valence-electron chi connectivity index (χ3n) is 3.62. The highest BCUT2D eigenvalue weighted by molar-refractivity contribution is 5.40. The molecule has 0 aromatic carbocycles. The molecule has 0 amide bonds. The lowest BCUT2D eigenvalue weighted by molar-refractivity contribution is -0.00254. The molecule has 1 fully saturated rings. The predicted molar refractivity (Wildman–Crippen MR) is 64.1 cm³/mol. The number of anilines is 1. The van der Waals surface area contributed by atoms with E-state index in [0.29, 0.717) is 6.61 Å². The number of hydrogen-bond donors (Lipinski definition) is 0. The van der Waals surface area contributed by atoms with E-state index in [1.165, 1.54) is 0 Å². The Kier molecular flexibility index (Phi) is 2.10. The monoisotopic (exact) mass is 243 g/mol. The summed E-state index contributed by atoms with van der Waals surface area (Å²) in [7, 11) is 0. The van der Waals surface area contributed by atoms with Gasteiger partial charge >= 0.3 is 0 Å². The molecule has 0 bridgehead atoms. The molecule has 0 unspecified atom stereocenters. The second kappa shape index (κ2) is 3.78. The van der Waals surface area contributed by atoms with Gasteiger partial charge in [-0.2, -0.15) is 0 Å². The number of aromatic nitrogens is 4. The van der Waals surface area contributed by atoms with Crippen molar-refractivity contribution in [3.8, 4) is 0 Å². The highest BCUT2D eigenvalue weighted by atomic mass is 16.5. The standard InChI is InChI=1S/C12H13N5O/c1-2-4-13-12(3-1)16-6-10-11(7-16)18-8-9-5-14-15-17(9)10/h1-5,10-11H,6-8H2/t10-,11-/m1/s1. The van der Waals surface area contributed by atoms with Crippen molar-refractivity contribution in [3.05, 3.63) is 36.3 Å². The van der Waals surface area contributed by atoms with Crippen LogP contribution in [0.3, 0.4) is 0 Å². The topological polar surface area (TPSA) is 56.1 Å². The maximum atomic E-state index is 5.87. The molecule has 2 aromatic heterocycles. The molecule has 2 aromatic rings. The lowest BCUT2D eigenvalue weighted by Crippen LogP contribution is -2.32. The number of hydrogen-bond acceptors (Lipinski definition) is 5. The SMILES string of the molecule is c1ccc(N2C[C@@H]3[C@@H](C2)OCc2cnnn23)nc1. The van der Waals surface area contributed by atoms with Crippen LogP contribution in [0.15, 0.2) is 30.6 Å². The van der Waals surface area contributed by atoms with Crippen molar-refractivity contribution in [2.75, 3.05) is 18.0 Å². The van der Waals surface area contributed by atoms with Crippen molar-refractivity contribution in [3.63, 3.8) is 0 Å². The van der Waals surface area contributed by atoms with Crippen LogP contribution in [0.1, 0.15) is 11.7 Å². The Morgan fingerprint density at radius 1 is 1.28 bits per heavy atom. The first-order chi connectivity index (χ1) is 8.92. The molecule has 6 heteroatoms. The Morgan fingerprint density at radius 2 is 2.28 bits per heavy atom. The summed E-state index contributed by atoms with van der Waals surface area (Å²) in [6, 6.07) is 6.21. The molecular weight excluding hydrogens is 230 g/mol. The summed E-state index contributed by atoms with van der Waals surface area (Å²) < 4.78 is 7.87. The summed E-state index contributed by atoms with van der Waals surface area (Å²) in [5, 5.41) is 8.13. The van der Waals surface area contributed by atoms with Gasteiger partial charge in [0, 0.05) is 19.3 Å². The zero-order valence-electron chi connectivity index (χ0n) is 9.81. The van der Waals surface area contributed by atoms with E-state index in [-0.39, 0.29) is 12.1 Å². The van der Waals surface area contributed by atoms with Gasteiger partial charge in [-0.25, -0.2) is 9.67 Å². The van der Waals surface area contributed by atoms with Crippen molar-refractivity contribution >= 4 is 5.82 Å². The van der Waals surface area contributed by atoms with Gasteiger partial charge < -0.3 is 9.64 Å². The van der Waals surface area contributed by atoms with Gasteiger partial charge in [-0.3, -0.25) is 0 Å². The fourth-order valence-electron chi connectivity index (χ4n) is 2.72. The van der Waals surface area contributed by atoms with E-state index in [9.17, 15) is 0 Å². The van der Waals surface area contributed by atoms with E-state index in [0.717, 1.165) is 24.6 Å². The van der Waals surface area contributed by atoms with Gasteiger partial charge in [0.1, 0.15) is 5.82 Å². The molecule has 4 heterocycles. The van der Waals surface area contributed by atoms with Gasteiger partial charge in [0.05, 0.1) is 30.6 Å². The summed E-state index contributed by atoms with van der Waals surface area (Å²) in [5.74, 6) is 0.997. The minimum atomic E-state index is 0.182. The van der Waals surface area contributed by atoms with Crippen LogP contribution in [0.4, 0.5) is 5.82 Å². The van der Waals surface area contributed by atoms with Crippen LogP contribution in [0.2, 0.25) is 0 Å². The third kappa shape index (κ3) is 1.42. The highest BCUT2D eigenvalue weighted by Crippen LogP contribution is 2.31. The van der Waals surface area contributed by atoms with Crippen molar-refractivity contribution in [2.24, 2.45) is 0 Å². The summed E-state index contributed by atoms with van der Waals surface area (Å²) in [4.78, 5) is 6.63. The molecule has 4 rings (SSSR count). The number of ether oxygens (including phenoxy) is 1. The zero-order chi connectivity index (χ0) is 11.9. The highest BCUT2D eigenvalue weighted by Gasteiger charge is 2.39. The Hall–Kier alpha value is -1.95. The summed E-state index contributed by atoms with van der Waals surface area (Å²) >= 11 is 0. The van der Waals surface area contributed by atoms with Gasteiger partial charge in [0.2, 0.25) is 0 Å². The Bertz CT molecular complexity index is 555. The minimum Gasteiger partial charge on any atom is -0.368 e. The van der Waals surface area contributed by atoms with E-state index in [1.807, 2.05) is 29.1 Å². The second-order valence-corrected chi connectivity index (χ2v) is 4.68. The van der Waals surface area contributed by atoms with Crippen LogP contribution in [-0.4, -0.2) is 39.2 Å². The first kappa shape index (κ1) is 10.0. The first-order valence-corrected chi connectivity index (χ1v) is 6.08. The zero-order valence-corrected chi connectivity index (χ0v) is 9.81. The first-order valence-electron chi connectivity index (χ1n) is 6.08. The average Bonchev–Trinajstić information content (AvgIpc) is 3.05. The molecule has 0 saturated carbocycles. The number of pyridine rings is 1. The molecule has 0 spiro atoms. The Morgan fingerprint density at radius 3 is 3.17 bits per heavy atom. The Balaban J connectivity index is 1.64. The van der Waals surface area contributed by atoms with Crippen molar-refractivity contribution < 1.29 is 4.74 Å². The summed E-state index contributed by atoms with van der Waals surface area (Å²) in [6.45, 7) is 2.34. The van der Waals surface area contributed by atoms with E-state index in [2.05, 4.69) is 20.2 Å². The number of rotatable bonds is 1. The van der Waals surface area contributed by atoms with Gasteiger partial charge in [-0.15, -0.1) is 5.10 Å². The molecule has 2 aliphatic heterocycles. The molecule has 18 heavy (non-hydrogen) atoms. The molecular formula is C12H13N5O. The summed E-state index contributed by atoms with van der Waals surface area (Å²) in [6.07, 6.45) is 3.78. The fourth-order valence-corrected chi connectivity index (χ4v) is 2.72. The average molecular weight is 243 g/mol. The van der Waals surface area contributed by atoms with Crippen LogP contribution in [-0.2, 0) is 11.3 Å². The van der Waals surface area contributed by atoms with Crippen LogP contribution in [0, 0.1) is 0 Å². The van der Waals surface area contributed by atoms with E-state index < -0.39 is 0 Å². The largest absolute Gasteiger partial charge is 0.368 e. The molecule has 6 nitrogen and oxygen atoms in total. The lowest BCUT2D eigenvalue weighted by Gasteiger charge is -2.25. The molecule has 0 N–H and O–H groups in total. The van der Waals surface area contributed by atoms with E-state index in [1.54, 1.807) is 6.20 Å². The molecule has 1 saturated heterocycles. The molecule has 2 aliphatic rings. The Labute approximate surface area is 104 Å². The van der Waals surface area contributed by atoms with Crippen LogP contribution in [0.25, 0.3) is 0 Å². The molecule has 2 atom stereocenters. The van der Waals surface area contributed by atoms with Crippen molar-refractivity contribution in [1.82, 2.24) is 20.0 Å². The quantitative estimate of drug-likeness (QED) is 0.735. The van der Waals surface area contributed by atoms with Crippen molar-refractivity contribution in [2.45, 2.75) is 18.8 Å². The number of fused-ring (bicyclic) bond motifs is 3. The second-order valence-electron chi connectivity index (χ2n) is 4.68. The summed E-state index contributed by atoms with van der Waals surface area (Å²) in [5.41, 5.74) is 1.05. The van der Waals surface area contributed by atoms with E-state index >= 15 is 0 Å². The van der Waals surface area contributed by atoms with Crippen LogP contribution >= 0.6 is 0 Å². The predicted octanol–water partition coefficient (Wildman–Crippen LogP) is 0.633. The van der Waals surface area contributed by atoms with Gasteiger partial charge in [0.15, 0.2) is 0 Å². The smallest absolute Gasteiger partial charge is 0.128 e. The molecule has 92 valence electrons. The molecule has 0 aliphatic carbocycles. The van der Waals surface area contributed by atoms with Crippen LogP contribution in [0.5, 0.6) is 0 Å². The van der Waals surface area contributed by atoms with Gasteiger partial charge in [0.25, 0.3) is 0 Å². The van der Waals surface area contributed by atoms with Gasteiger partial charge in [-0.1, -0.05) is 11.3 Å². The van der Waals surface area contributed by atoms with Crippen molar-refractivity contribution in [1.29, 1.82) is 0 Å². The normalized spacial score (nSPS) is 25.9. The fraction of sp³-hybridized carbons (Fsp3) is 0.417. The maximum absolute atomic E-state index is 5.87. The molecule has 0 radical (unpaired) electrons. The maximum Gasteiger partial charge on any atom is 0.128 e. The van der Waals surface area contributed by atoms with Crippen LogP contribution < -0.4 is 4.90 Å².